The highest BCUT2D eigenvalue weighted by Gasteiger charge is 2.22. The van der Waals surface area contributed by atoms with E-state index in [-0.39, 0.29) is 0 Å². The van der Waals surface area contributed by atoms with Gasteiger partial charge >= 0.3 is 0 Å². The topological polar surface area (TPSA) is 58.3 Å². The fourth-order valence-corrected chi connectivity index (χ4v) is 3.13. The molecule has 25 heavy (non-hydrogen) atoms. The molecule has 0 unspecified atom stereocenters. The molecule has 4 rings (SSSR count). The van der Waals surface area contributed by atoms with Crippen LogP contribution < -0.4 is 10.2 Å². The summed E-state index contributed by atoms with van der Waals surface area (Å²) in [4.78, 5) is 11.1. The lowest BCUT2D eigenvalue weighted by Gasteiger charge is -2.22. The van der Waals surface area contributed by atoms with Crippen molar-refractivity contribution in [2.75, 3.05) is 18.5 Å². The van der Waals surface area contributed by atoms with Gasteiger partial charge in [-0.05, 0) is 41.8 Å². The molecule has 0 spiro atoms. The van der Waals surface area contributed by atoms with Crippen molar-refractivity contribution in [1.82, 2.24) is 20.1 Å². The zero-order valence-electron chi connectivity index (χ0n) is 14.1. The lowest BCUT2D eigenvalue weighted by Crippen LogP contribution is -2.40. The Labute approximate surface area is 146 Å². The van der Waals surface area contributed by atoms with Crippen LogP contribution in [0.2, 0.25) is 0 Å². The first kappa shape index (κ1) is 15.4. The summed E-state index contributed by atoms with van der Waals surface area (Å²) >= 11 is 0. The van der Waals surface area contributed by atoms with E-state index in [9.17, 15) is 0 Å². The second-order valence-corrected chi connectivity index (χ2v) is 5.90. The minimum atomic E-state index is 0.683. The summed E-state index contributed by atoms with van der Waals surface area (Å²) in [5.41, 5.74) is 3.74. The number of fused-ring (bicyclic) bond motifs is 1. The van der Waals surface area contributed by atoms with Crippen molar-refractivity contribution >= 4 is 11.6 Å². The van der Waals surface area contributed by atoms with Gasteiger partial charge in [0.1, 0.15) is 0 Å². The van der Waals surface area contributed by atoms with Crippen LogP contribution in [0.5, 0.6) is 0 Å². The Morgan fingerprint density at radius 3 is 2.96 bits per heavy atom. The van der Waals surface area contributed by atoms with Gasteiger partial charge in [0, 0.05) is 44.4 Å². The average molecular weight is 332 g/mol. The zero-order valence-corrected chi connectivity index (χ0v) is 14.1. The Kier molecular flexibility index (Phi) is 4.16. The van der Waals surface area contributed by atoms with Crippen molar-refractivity contribution in [2.45, 2.75) is 13.0 Å². The molecule has 0 amide bonds. The Morgan fingerprint density at radius 1 is 1.20 bits per heavy atom. The van der Waals surface area contributed by atoms with E-state index < -0.39 is 0 Å². The second kappa shape index (κ2) is 6.76. The maximum Gasteiger partial charge on any atom is 0.198 e. The molecule has 126 valence electrons. The van der Waals surface area contributed by atoms with Crippen LogP contribution in [0.25, 0.3) is 5.82 Å². The summed E-state index contributed by atoms with van der Waals surface area (Å²) in [6, 6.07) is 14.4. The summed E-state index contributed by atoms with van der Waals surface area (Å²) in [7, 11) is 1.82. The number of hydrogen-bond donors (Lipinski definition) is 1. The minimum absolute atomic E-state index is 0.683. The van der Waals surface area contributed by atoms with Gasteiger partial charge in [0.2, 0.25) is 0 Å². The average Bonchev–Trinajstić information content (AvgIpc) is 3.33. The van der Waals surface area contributed by atoms with E-state index >= 15 is 0 Å². The molecule has 2 aromatic heterocycles. The number of aliphatic imine (C=N–C) groups is 1. The number of guanidine groups is 1. The Balaban J connectivity index is 1.48. The number of aromatic nitrogens is 3. The maximum atomic E-state index is 4.45. The molecule has 0 aliphatic carbocycles. The van der Waals surface area contributed by atoms with Crippen LogP contribution in [0, 0.1) is 0 Å². The van der Waals surface area contributed by atoms with Crippen LogP contribution in [-0.2, 0) is 13.0 Å². The van der Waals surface area contributed by atoms with Crippen molar-refractivity contribution in [3.05, 3.63) is 72.2 Å². The monoisotopic (exact) mass is 332 g/mol. The maximum absolute atomic E-state index is 4.45. The van der Waals surface area contributed by atoms with Crippen molar-refractivity contribution in [1.29, 1.82) is 0 Å². The molecule has 0 atom stereocenters. The Hall–Kier alpha value is -3.15. The lowest BCUT2D eigenvalue weighted by molar-refractivity contribution is 0.828. The van der Waals surface area contributed by atoms with E-state index in [4.69, 9.17) is 0 Å². The highest BCUT2D eigenvalue weighted by molar-refractivity contribution is 5.97. The van der Waals surface area contributed by atoms with Gasteiger partial charge in [0.05, 0.1) is 0 Å². The van der Waals surface area contributed by atoms with Crippen LogP contribution in [0.1, 0.15) is 11.1 Å². The van der Waals surface area contributed by atoms with Crippen LogP contribution in [-0.4, -0.2) is 34.3 Å². The van der Waals surface area contributed by atoms with E-state index in [2.05, 4.69) is 49.6 Å². The smallest absolute Gasteiger partial charge is 0.198 e. The number of rotatable bonds is 3. The third-order valence-corrected chi connectivity index (χ3v) is 4.35. The summed E-state index contributed by atoms with van der Waals surface area (Å²) in [6.07, 6.45) is 6.50. The molecule has 3 heterocycles. The first-order valence-corrected chi connectivity index (χ1v) is 8.36. The van der Waals surface area contributed by atoms with E-state index in [1.54, 1.807) is 10.9 Å². The molecule has 1 aromatic carbocycles. The van der Waals surface area contributed by atoms with E-state index in [1.165, 1.54) is 11.3 Å². The lowest BCUT2D eigenvalue weighted by atomic mass is 10.2. The largest absolute Gasteiger partial charge is 0.352 e. The summed E-state index contributed by atoms with van der Waals surface area (Å²) < 4.78 is 1.76. The van der Waals surface area contributed by atoms with E-state index in [0.29, 0.717) is 6.54 Å². The third-order valence-electron chi connectivity index (χ3n) is 4.35. The molecule has 3 aromatic rings. The van der Waals surface area contributed by atoms with Gasteiger partial charge < -0.3 is 10.2 Å². The third kappa shape index (κ3) is 3.10. The number of para-hydroxylation sites is 1. The molecule has 0 saturated heterocycles. The van der Waals surface area contributed by atoms with Crippen molar-refractivity contribution in [3.63, 3.8) is 0 Å². The zero-order chi connectivity index (χ0) is 17.1. The SMILES string of the molecule is CN=C(NCc1ccnc(-n2cccn2)c1)N1CCc2ccccc21. The molecule has 0 bridgehead atoms. The molecule has 0 radical (unpaired) electrons. The fourth-order valence-electron chi connectivity index (χ4n) is 3.13. The van der Waals surface area contributed by atoms with E-state index in [1.807, 2.05) is 37.6 Å². The first-order valence-electron chi connectivity index (χ1n) is 8.36. The predicted molar refractivity (Wildman–Crippen MR) is 99.0 cm³/mol. The highest BCUT2D eigenvalue weighted by Crippen LogP contribution is 2.27. The molecule has 6 heteroatoms. The number of anilines is 1. The van der Waals surface area contributed by atoms with Crippen LogP contribution in [0.4, 0.5) is 5.69 Å². The normalized spacial score (nSPS) is 13.8. The van der Waals surface area contributed by atoms with Gasteiger partial charge in [-0.25, -0.2) is 9.67 Å². The van der Waals surface area contributed by atoms with Gasteiger partial charge in [-0.2, -0.15) is 5.10 Å². The number of pyridine rings is 1. The quantitative estimate of drug-likeness (QED) is 0.591. The molecule has 0 fully saturated rings. The predicted octanol–water partition coefficient (Wildman–Crippen LogP) is 2.41. The van der Waals surface area contributed by atoms with Crippen LogP contribution >= 0.6 is 0 Å². The van der Waals surface area contributed by atoms with Gasteiger partial charge in [0.25, 0.3) is 0 Å². The molecular weight excluding hydrogens is 312 g/mol. The molecule has 6 nitrogen and oxygen atoms in total. The number of benzene rings is 1. The Morgan fingerprint density at radius 2 is 2.12 bits per heavy atom. The number of nitrogens with zero attached hydrogens (tertiary/aromatic N) is 5. The molecule has 1 aliphatic heterocycles. The van der Waals surface area contributed by atoms with Crippen molar-refractivity contribution in [3.8, 4) is 5.82 Å². The van der Waals surface area contributed by atoms with Crippen molar-refractivity contribution in [2.24, 2.45) is 4.99 Å². The highest BCUT2D eigenvalue weighted by atomic mass is 15.3. The van der Waals surface area contributed by atoms with Gasteiger partial charge in [-0.15, -0.1) is 0 Å². The van der Waals surface area contributed by atoms with Gasteiger partial charge in [-0.1, -0.05) is 18.2 Å². The van der Waals surface area contributed by atoms with Crippen molar-refractivity contribution < 1.29 is 0 Å². The summed E-state index contributed by atoms with van der Waals surface area (Å²) in [5, 5.41) is 7.69. The second-order valence-electron chi connectivity index (χ2n) is 5.90. The molecule has 1 aliphatic rings. The number of nitrogens with one attached hydrogen (secondary N) is 1. The summed E-state index contributed by atoms with van der Waals surface area (Å²) in [5.74, 6) is 1.70. The Bertz CT molecular complexity index is 884. The minimum Gasteiger partial charge on any atom is -0.352 e. The van der Waals surface area contributed by atoms with Gasteiger partial charge in [-0.3, -0.25) is 4.99 Å². The molecular formula is C19H20N6. The summed E-state index contributed by atoms with van der Waals surface area (Å²) in [6.45, 7) is 1.63. The molecule has 1 N–H and O–H groups in total. The molecule has 0 saturated carbocycles. The fraction of sp³-hybridized carbons (Fsp3) is 0.211. The first-order chi connectivity index (χ1) is 12.3. The van der Waals surface area contributed by atoms with E-state index in [0.717, 1.165) is 30.3 Å². The van der Waals surface area contributed by atoms with Gasteiger partial charge in [0.15, 0.2) is 11.8 Å². The standard InChI is InChI=1S/C19H20N6/c1-20-19(24-12-8-16-5-2-3-6-17(16)24)22-14-15-7-10-21-18(13-15)25-11-4-9-23-25/h2-7,9-11,13H,8,12,14H2,1H3,(H,20,22). The van der Waals surface area contributed by atoms with Crippen LogP contribution in [0.15, 0.2) is 66.0 Å². The van der Waals surface area contributed by atoms with Crippen LogP contribution in [0.3, 0.4) is 0 Å². The number of hydrogen-bond acceptors (Lipinski definition) is 3.